The van der Waals surface area contributed by atoms with Crippen molar-refractivity contribution in [2.24, 2.45) is 5.10 Å². The van der Waals surface area contributed by atoms with E-state index in [2.05, 4.69) is 5.10 Å². The minimum absolute atomic E-state index is 0.0486. The monoisotopic (exact) mass is 420 g/mol. The molecule has 0 saturated heterocycles. The quantitative estimate of drug-likeness (QED) is 0.561. The zero-order valence-electron chi connectivity index (χ0n) is 17.0. The number of furan rings is 1. The summed E-state index contributed by atoms with van der Waals surface area (Å²) in [6, 6.07) is 16.6. The normalized spacial score (nSPS) is 15.6. The van der Waals surface area contributed by atoms with Crippen molar-refractivity contribution in [3.63, 3.8) is 0 Å². The van der Waals surface area contributed by atoms with Crippen molar-refractivity contribution in [1.82, 2.24) is 5.01 Å². The summed E-state index contributed by atoms with van der Waals surface area (Å²) < 4.78 is 23.7. The Bertz CT molecular complexity index is 1090. The van der Waals surface area contributed by atoms with Crippen molar-refractivity contribution in [3.8, 4) is 0 Å². The van der Waals surface area contributed by atoms with E-state index >= 15 is 0 Å². The number of amides is 1. The predicted octanol–water partition coefficient (Wildman–Crippen LogP) is 4.19. The first kappa shape index (κ1) is 20.5. The van der Waals surface area contributed by atoms with Crippen LogP contribution in [0.1, 0.15) is 34.9 Å². The topological polar surface area (TPSA) is 72.1 Å². The van der Waals surface area contributed by atoms with Crippen LogP contribution in [0, 0.1) is 12.7 Å². The van der Waals surface area contributed by atoms with Gasteiger partial charge in [0.05, 0.1) is 18.4 Å². The number of carbonyl (C=O) groups excluding carboxylic acids is 2. The lowest BCUT2D eigenvalue weighted by Crippen LogP contribution is -2.31. The fraction of sp³-hybridized carbons (Fsp3) is 0.208. The summed E-state index contributed by atoms with van der Waals surface area (Å²) in [7, 11) is 0. The van der Waals surface area contributed by atoms with Crippen LogP contribution in [0.5, 0.6) is 0 Å². The zero-order valence-corrected chi connectivity index (χ0v) is 17.0. The van der Waals surface area contributed by atoms with E-state index in [0.29, 0.717) is 17.7 Å². The molecule has 1 amide bonds. The van der Waals surface area contributed by atoms with Crippen LogP contribution >= 0.6 is 0 Å². The van der Waals surface area contributed by atoms with E-state index in [-0.39, 0.29) is 12.2 Å². The fourth-order valence-corrected chi connectivity index (χ4v) is 3.39. The van der Waals surface area contributed by atoms with E-state index in [0.717, 1.165) is 16.8 Å². The van der Waals surface area contributed by atoms with E-state index in [9.17, 15) is 14.0 Å². The lowest BCUT2D eigenvalue weighted by atomic mass is 10.0. The molecule has 0 aliphatic carbocycles. The SMILES string of the molecule is Cc1ccc(C2=NN(C(=O)COC(=O)Cc3ccc(F)cc3)[C@H](c3ccco3)C2)cc1. The maximum atomic E-state index is 13.0. The highest BCUT2D eigenvalue weighted by Gasteiger charge is 2.35. The van der Waals surface area contributed by atoms with Gasteiger partial charge in [-0.15, -0.1) is 0 Å². The summed E-state index contributed by atoms with van der Waals surface area (Å²) in [5, 5.41) is 5.82. The van der Waals surface area contributed by atoms with E-state index in [1.807, 2.05) is 31.2 Å². The molecule has 7 heteroatoms. The summed E-state index contributed by atoms with van der Waals surface area (Å²) in [6.07, 6.45) is 1.99. The Morgan fingerprint density at radius 2 is 1.87 bits per heavy atom. The van der Waals surface area contributed by atoms with Gasteiger partial charge in [0.25, 0.3) is 5.91 Å². The summed E-state index contributed by atoms with van der Waals surface area (Å²) in [4.78, 5) is 24.9. The highest BCUT2D eigenvalue weighted by molar-refractivity contribution is 6.03. The van der Waals surface area contributed by atoms with Crippen molar-refractivity contribution < 1.29 is 23.1 Å². The van der Waals surface area contributed by atoms with E-state index in [4.69, 9.17) is 9.15 Å². The summed E-state index contributed by atoms with van der Waals surface area (Å²) in [5.41, 5.74) is 3.41. The number of esters is 1. The van der Waals surface area contributed by atoms with E-state index in [1.54, 1.807) is 18.4 Å². The second-order valence-corrected chi connectivity index (χ2v) is 7.35. The predicted molar refractivity (Wildman–Crippen MR) is 112 cm³/mol. The van der Waals surface area contributed by atoms with Gasteiger partial charge >= 0.3 is 5.97 Å². The second-order valence-electron chi connectivity index (χ2n) is 7.35. The first-order valence-corrected chi connectivity index (χ1v) is 9.89. The summed E-state index contributed by atoms with van der Waals surface area (Å²) in [5.74, 6) is -0.795. The Labute approximate surface area is 178 Å². The molecule has 6 nitrogen and oxygen atoms in total. The van der Waals surface area contributed by atoms with Gasteiger partial charge in [0.1, 0.15) is 17.6 Å². The van der Waals surface area contributed by atoms with Crippen LogP contribution in [-0.2, 0) is 20.7 Å². The molecule has 0 fully saturated rings. The van der Waals surface area contributed by atoms with Crippen LogP contribution in [0.25, 0.3) is 0 Å². The molecule has 3 aromatic rings. The summed E-state index contributed by atoms with van der Waals surface area (Å²) >= 11 is 0. The highest BCUT2D eigenvalue weighted by atomic mass is 19.1. The Hall–Kier alpha value is -3.74. The van der Waals surface area contributed by atoms with Crippen LogP contribution in [-0.4, -0.2) is 29.2 Å². The lowest BCUT2D eigenvalue weighted by Gasteiger charge is -2.19. The first-order valence-electron chi connectivity index (χ1n) is 9.89. The fourth-order valence-electron chi connectivity index (χ4n) is 3.39. The molecule has 158 valence electrons. The number of hydrogen-bond acceptors (Lipinski definition) is 5. The molecule has 0 bridgehead atoms. The Kier molecular flexibility index (Phi) is 5.93. The standard InChI is InChI=1S/C24H21FN2O4/c1-16-4-8-18(9-5-16)20-14-21(22-3-2-12-30-22)27(26-20)23(28)15-31-24(29)13-17-6-10-19(25)11-7-17/h2-12,21H,13-15H2,1H3/t21-/m0/s1. The number of halogens is 1. The van der Waals surface area contributed by atoms with Gasteiger partial charge in [-0.25, -0.2) is 9.40 Å². The number of rotatable bonds is 6. The number of hydrogen-bond donors (Lipinski definition) is 0. The number of hydrazone groups is 1. The molecule has 0 N–H and O–H groups in total. The molecule has 2 aromatic carbocycles. The molecular weight excluding hydrogens is 399 g/mol. The molecule has 4 rings (SSSR count). The average molecular weight is 420 g/mol. The molecule has 0 unspecified atom stereocenters. The molecule has 1 aliphatic rings. The van der Waals surface area contributed by atoms with Crippen LogP contribution in [0.15, 0.2) is 76.4 Å². The smallest absolute Gasteiger partial charge is 0.310 e. The first-order chi connectivity index (χ1) is 15.0. The van der Waals surface area contributed by atoms with Gasteiger partial charge in [-0.3, -0.25) is 9.59 Å². The summed E-state index contributed by atoms with van der Waals surface area (Å²) in [6.45, 7) is 1.56. The number of aryl methyl sites for hydroxylation is 1. The van der Waals surface area contributed by atoms with Crippen molar-refractivity contribution in [1.29, 1.82) is 0 Å². The number of carbonyl (C=O) groups is 2. The van der Waals surface area contributed by atoms with Crippen LogP contribution in [0.2, 0.25) is 0 Å². The molecule has 0 spiro atoms. The van der Waals surface area contributed by atoms with Gasteiger partial charge in [-0.05, 0) is 42.3 Å². The van der Waals surface area contributed by atoms with Crippen molar-refractivity contribution in [3.05, 3.63) is 95.2 Å². The Balaban J connectivity index is 1.45. The molecule has 1 aliphatic heterocycles. The van der Waals surface area contributed by atoms with Gasteiger partial charge in [-0.1, -0.05) is 42.0 Å². The maximum Gasteiger partial charge on any atom is 0.310 e. The number of nitrogens with zero attached hydrogens (tertiary/aromatic N) is 2. The van der Waals surface area contributed by atoms with Gasteiger partial charge in [0, 0.05) is 6.42 Å². The highest BCUT2D eigenvalue weighted by Crippen LogP contribution is 2.33. The molecule has 2 heterocycles. The molecule has 1 atom stereocenters. The zero-order chi connectivity index (χ0) is 21.8. The van der Waals surface area contributed by atoms with E-state index < -0.39 is 24.5 Å². The molecule has 0 radical (unpaired) electrons. The second kappa shape index (κ2) is 8.95. The van der Waals surface area contributed by atoms with Crippen molar-refractivity contribution >= 4 is 17.6 Å². The third-order valence-corrected chi connectivity index (χ3v) is 5.04. The van der Waals surface area contributed by atoms with Gasteiger partial charge < -0.3 is 9.15 Å². The third-order valence-electron chi connectivity index (χ3n) is 5.04. The van der Waals surface area contributed by atoms with E-state index in [1.165, 1.54) is 29.3 Å². The van der Waals surface area contributed by atoms with Crippen LogP contribution < -0.4 is 0 Å². The molecule has 1 aromatic heterocycles. The van der Waals surface area contributed by atoms with Crippen LogP contribution in [0.3, 0.4) is 0 Å². The number of ether oxygens (including phenoxy) is 1. The van der Waals surface area contributed by atoms with Gasteiger partial charge in [-0.2, -0.15) is 5.10 Å². The minimum Gasteiger partial charge on any atom is -0.467 e. The van der Waals surface area contributed by atoms with Crippen molar-refractivity contribution in [2.45, 2.75) is 25.8 Å². The Morgan fingerprint density at radius 1 is 1.13 bits per heavy atom. The maximum absolute atomic E-state index is 13.0. The minimum atomic E-state index is -0.573. The van der Waals surface area contributed by atoms with Gasteiger partial charge in [0.15, 0.2) is 6.61 Å². The van der Waals surface area contributed by atoms with Crippen molar-refractivity contribution in [2.75, 3.05) is 6.61 Å². The number of benzene rings is 2. The average Bonchev–Trinajstić information content (AvgIpc) is 3.44. The van der Waals surface area contributed by atoms with Gasteiger partial charge in [0.2, 0.25) is 0 Å². The lowest BCUT2D eigenvalue weighted by molar-refractivity contribution is -0.152. The van der Waals surface area contributed by atoms with Crippen LogP contribution in [0.4, 0.5) is 4.39 Å². The molecule has 0 saturated carbocycles. The molecular formula is C24H21FN2O4. The Morgan fingerprint density at radius 3 is 2.55 bits per heavy atom. The third kappa shape index (κ3) is 4.88. The molecule has 31 heavy (non-hydrogen) atoms. The largest absolute Gasteiger partial charge is 0.467 e.